The van der Waals surface area contributed by atoms with Crippen LogP contribution in [-0.2, 0) is 6.42 Å². The molecular weight excluding hydrogens is 384 g/mol. The Kier molecular flexibility index (Phi) is 8.94. The largest absolute Gasteiger partial charge is 0.356 e. The molecule has 3 rings (SSSR count). The Hall–Kier alpha value is -1.45. The van der Waals surface area contributed by atoms with Crippen LogP contribution in [0.3, 0.4) is 0 Å². The molecule has 2 aliphatic rings. The number of piperazine rings is 2. The second-order valence-electron chi connectivity index (χ2n) is 7.78. The maximum atomic E-state index is 4.62. The number of nitrogens with zero attached hydrogens (tertiary/aromatic N) is 7. The third-order valence-corrected chi connectivity index (χ3v) is 6.75. The van der Waals surface area contributed by atoms with E-state index in [4.69, 9.17) is 0 Å². The van der Waals surface area contributed by atoms with E-state index in [1.807, 2.05) is 7.05 Å². The first kappa shape index (κ1) is 22.2. The van der Waals surface area contributed by atoms with Crippen LogP contribution in [0.1, 0.15) is 32.5 Å². The number of anilines is 1. The molecule has 2 aliphatic heterocycles. The average molecular weight is 423 g/mol. The first-order valence-electron chi connectivity index (χ1n) is 11.2. The van der Waals surface area contributed by atoms with Gasteiger partial charge in [0.2, 0.25) is 5.13 Å². The van der Waals surface area contributed by atoms with E-state index in [1.54, 1.807) is 0 Å². The number of likely N-dealkylation sites (N-methyl/N-ethyl adjacent to an activating group) is 1. The lowest BCUT2D eigenvalue weighted by Crippen LogP contribution is -2.52. The van der Waals surface area contributed by atoms with E-state index in [-0.39, 0.29) is 0 Å². The Balaban J connectivity index is 1.30. The third-order valence-electron chi connectivity index (χ3n) is 5.93. The van der Waals surface area contributed by atoms with Crippen LogP contribution in [0.4, 0.5) is 5.13 Å². The van der Waals surface area contributed by atoms with Crippen LogP contribution < -0.4 is 10.2 Å². The summed E-state index contributed by atoms with van der Waals surface area (Å²) in [7, 11) is 1.89. The molecule has 9 heteroatoms. The van der Waals surface area contributed by atoms with Crippen molar-refractivity contribution in [3.8, 4) is 0 Å². The second kappa shape index (κ2) is 11.7. The normalized spacial score (nSPS) is 19.8. The number of aryl methyl sites for hydroxylation is 1. The minimum Gasteiger partial charge on any atom is -0.356 e. The van der Waals surface area contributed by atoms with Crippen molar-refractivity contribution in [2.45, 2.75) is 33.1 Å². The molecular formula is C20H38N8S. The number of hydrogen-bond acceptors (Lipinski definition) is 7. The van der Waals surface area contributed by atoms with Crippen LogP contribution in [0.2, 0.25) is 0 Å². The van der Waals surface area contributed by atoms with Crippen molar-refractivity contribution in [3.05, 3.63) is 5.82 Å². The standard InChI is InChI=1S/C20H38N8S/c1-4-18-23-20(29-24-18)28-16-14-27(15-17-28)19(21-3)22-8-6-7-9-26-12-10-25(5-2)11-13-26/h4-17H2,1-3H3,(H,21,22). The van der Waals surface area contributed by atoms with Crippen LogP contribution in [0, 0.1) is 0 Å². The lowest BCUT2D eigenvalue weighted by Gasteiger charge is -2.36. The van der Waals surface area contributed by atoms with E-state index in [1.165, 1.54) is 63.6 Å². The van der Waals surface area contributed by atoms with E-state index >= 15 is 0 Å². The molecule has 0 aliphatic carbocycles. The lowest BCUT2D eigenvalue weighted by atomic mass is 10.2. The number of guanidine groups is 1. The van der Waals surface area contributed by atoms with Crippen molar-refractivity contribution >= 4 is 22.6 Å². The molecule has 2 fully saturated rings. The van der Waals surface area contributed by atoms with Crippen LogP contribution in [0.5, 0.6) is 0 Å². The van der Waals surface area contributed by atoms with Crippen molar-refractivity contribution in [3.63, 3.8) is 0 Å². The SMILES string of the molecule is CCc1nsc(N2CCN(C(=NC)NCCCCN3CCN(CC)CC3)CC2)n1. The molecule has 29 heavy (non-hydrogen) atoms. The zero-order valence-corrected chi connectivity index (χ0v) is 19.3. The van der Waals surface area contributed by atoms with Gasteiger partial charge in [0.15, 0.2) is 5.96 Å². The smallest absolute Gasteiger partial charge is 0.205 e. The van der Waals surface area contributed by atoms with Gasteiger partial charge in [-0.2, -0.15) is 4.37 Å². The summed E-state index contributed by atoms with van der Waals surface area (Å²) in [5, 5.41) is 4.63. The maximum absolute atomic E-state index is 4.62. The van der Waals surface area contributed by atoms with Gasteiger partial charge < -0.3 is 24.9 Å². The van der Waals surface area contributed by atoms with Crippen molar-refractivity contribution in [2.75, 3.05) is 83.9 Å². The van der Waals surface area contributed by atoms with Crippen LogP contribution in [0.15, 0.2) is 4.99 Å². The van der Waals surface area contributed by atoms with E-state index in [0.717, 1.165) is 56.1 Å². The molecule has 0 saturated carbocycles. The molecule has 0 radical (unpaired) electrons. The van der Waals surface area contributed by atoms with Gasteiger partial charge in [-0.1, -0.05) is 13.8 Å². The minimum atomic E-state index is 0.905. The molecule has 0 bridgehead atoms. The number of aliphatic imine (C=N–C) groups is 1. The molecule has 0 spiro atoms. The second-order valence-corrected chi connectivity index (χ2v) is 8.51. The van der Waals surface area contributed by atoms with E-state index < -0.39 is 0 Å². The number of nitrogens with one attached hydrogen (secondary N) is 1. The van der Waals surface area contributed by atoms with Gasteiger partial charge in [0.25, 0.3) is 0 Å². The summed E-state index contributed by atoms with van der Waals surface area (Å²) in [5.41, 5.74) is 0. The lowest BCUT2D eigenvalue weighted by molar-refractivity contribution is 0.136. The number of unbranched alkanes of at least 4 members (excludes halogenated alkanes) is 1. The quantitative estimate of drug-likeness (QED) is 0.384. The molecule has 0 aromatic carbocycles. The summed E-state index contributed by atoms with van der Waals surface area (Å²) in [4.78, 5) is 19.0. The molecule has 1 aromatic heterocycles. The van der Waals surface area contributed by atoms with Gasteiger partial charge >= 0.3 is 0 Å². The van der Waals surface area contributed by atoms with Crippen molar-refractivity contribution in [1.82, 2.24) is 29.4 Å². The summed E-state index contributed by atoms with van der Waals surface area (Å²) in [5.74, 6) is 1.99. The monoisotopic (exact) mass is 422 g/mol. The summed E-state index contributed by atoms with van der Waals surface area (Å²) in [6.45, 7) is 16.6. The minimum absolute atomic E-state index is 0.905. The highest BCUT2D eigenvalue weighted by Crippen LogP contribution is 2.19. The fraction of sp³-hybridized carbons (Fsp3) is 0.850. The predicted molar refractivity (Wildman–Crippen MR) is 122 cm³/mol. The molecule has 2 saturated heterocycles. The number of aromatic nitrogens is 2. The molecule has 3 heterocycles. The van der Waals surface area contributed by atoms with Crippen molar-refractivity contribution < 1.29 is 0 Å². The predicted octanol–water partition coefficient (Wildman–Crippen LogP) is 1.22. The van der Waals surface area contributed by atoms with Gasteiger partial charge in [-0.05, 0) is 25.9 Å². The van der Waals surface area contributed by atoms with Crippen LogP contribution in [0.25, 0.3) is 0 Å². The summed E-state index contributed by atoms with van der Waals surface area (Å²) >= 11 is 1.52. The highest BCUT2D eigenvalue weighted by atomic mass is 32.1. The van der Waals surface area contributed by atoms with Gasteiger partial charge in [0.05, 0.1) is 0 Å². The molecule has 0 amide bonds. The number of hydrogen-bond donors (Lipinski definition) is 1. The summed E-state index contributed by atoms with van der Waals surface area (Å²) < 4.78 is 4.41. The van der Waals surface area contributed by atoms with E-state index in [2.05, 4.69) is 53.1 Å². The number of rotatable bonds is 8. The molecule has 0 unspecified atom stereocenters. The Bertz CT molecular complexity index is 618. The van der Waals surface area contributed by atoms with Crippen molar-refractivity contribution in [1.29, 1.82) is 0 Å². The molecule has 164 valence electrons. The van der Waals surface area contributed by atoms with E-state index in [0.29, 0.717) is 0 Å². The first-order valence-corrected chi connectivity index (χ1v) is 12.0. The van der Waals surface area contributed by atoms with Gasteiger partial charge in [0, 0.05) is 83.9 Å². The van der Waals surface area contributed by atoms with Gasteiger partial charge in [-0.3, -0.25) is 4.99 Å². The Morgan fingerprint density at radius 1 is 1.00 bits per heavy atom. The summed E-state index contributed by atoms with van der Waals surface area (Å²) in [6, 6.07) is 0. The van der Waals surface area contributed by atoms with Gasteiger partial charge in [-0.15, -0.1) is 0 Å². The van der Waals surface area contributed by atoms with Crippen LogP contribution >= 0.6 is 11.5 Å². The zero-order valence-electron chi connectivity index (χ0n) is 18.4. The van der Waals surface area contributed by atoms with E-state index in [9.17, 15) is 0 Å². The van der Waals surface area contributed by atoms with Gasteiger partial charge in [0.1, 0.15) is 5.82 Å². The fourth-order valence-corrected chi connectivity index (χ4v) is 4.75. The molecule has 1 aromatic rings. The zero-order chi connectivity index (χ0) is 20.5. The Morgan fingerprint density at radius 2 is 1.72 bits per heavy atom. The molecule has 1 N–H and O–H groups in total. The topological polar surface area (TPSA) is 63.1 Å². The fourth-order valence-electron chi connectivity index (χ4n) is 3.95. The average Bonchev–Trinajstić information content (AvgIpc) is 3.26. The third kappa shape index (κ3) is 6.52. The molecule has 0 atom stereocenters. The van der Waals surface area contributed by atoms with Crippen molar-refractivity contribution in [2.24, 2.45) is 4.99 Å². The Labute approximate surface area is 180 Å². The van der Waals surface area contributed by atoms with Gasteiger partial charge in [-0.25, -0.2) is 4.98 Å². The first-order chi connectivity index (χ1) is 14.2. The van der Waals surface area contributed by atoms with Crippen LogP contribution in [-0.4, -0.2) is 109 Å². The maximum Gasteiger partial charge on any atom is 0.205 e. The molecule has 8 nitrogen and oxygen atoms in total. The highest BCUT2D eigenvalue weighted by molar-refractivity contribution is 7.09. The highest BCUT2D eigenvalue weighted by Gasteiger charge is 2.22. The summed E-state index contributed by atoms with van der Waals surface area (Å²) in [6.07, 6.45) is 3.35. The Morgan fingerprint density at radius 3 is 2.34 bits per heavy atom.